The number of hydrogen-bond acceptors (Lipinski definition) is 1. The minimum atomic E-state index is 0.979. The summed E-state index contributed by atoms with van der Waals surface area (Å²) in [6, 6.07) is 24.6. The summed E-state index contributed by atoms with van der Waals surface area (Å²) in [5, 5.41) is 0. The molecule has 0 aliphatic heterocycles. The van der Waals surface area contributed by atoms with Crippen LogP contribution in [0.4, 0.5) is 5.69 Å². The van der Waals surface area contributed by atoms with Gasteiger partial charge in [-0.1, -0.05) is 60.7 Å². The molecule has 0 unspecified atom stereocenters. The second-order valence-electron chi connectivity index (χ2n) is 4.16. The lowest BCUT2D eigenvalue weighted by Crippen LogP contribution is -1.78. The highest BCUT2D eigenvalue weighted by molar-refractivity contribution is 5.93. The number of benzene rings is 1. The lowest BCUT2D eigenvalue weighted by Gasteiger charge is -1.95. The molecule has 2 aliphatic rings. The molecule has 0 N–H and O–H groups in total. The summed E-state index contributed by atoms with van der Waals surface area (Å²) in [4.78, 5) is 4.49. The Bertz CT molecular complexity index is 641. The zero-order valence-corrected chi connectivity index (χ0v) is 9.95. The summed E-state index contributed by atoms with van der Waals surface area (Å²) in [5.74, 6) is 0. The monoisotopic (exact) mass is 231 g/mol. The quantitative estimate of drug-likeness (QED) is 0.574. The number of para-hydroxylation sites is 1. The van der Waals surface area contributed by atoms with Gasteiger partial charge in [0.15, 0.2) is 0 Å². The fraction of sp³-hybridized carbons (Fsp3) is 0. The van der Waals surface area contributed by atoms with Gasteiger partial charge < -0.3 is 0 Å². The highest BCUT2D eigenvalue weighted by Gasteiger charge is 2.04. The van der Waals surface area contributed by atoms with Crippen molar-refractivity contribution in [2.75, 3.05) is 0 Å². The molecular weight excluding hydrogens is 218 g/mol. The van der Waals surface area contributed by atoms with Crippen molar-refractivity contribution in [1.29, 1.82) is 0 Å². The average molecular weight is 231 g/mol. The molecule has 86 valence electrons. The largest absolute Gasteiger partial charge is 0.256 e. The summed E-state index contributed by atoms with van der Waals surface area (Å²) in [6.07, 6.45) is 1.93. The molecule has 2 aliphatic carbocycles. The lowest BCUT2D eigenvalue weighted by molar-refractivity contribution is 1.53. The molecule has 18 heavy (non-hydrogen) atoms. The van der Waals surface area contributed by atoms with Crippen molar-refractivity contribution in [1.82, 2.24) is 0 Å². The van der Waals surface area contributed by atoms with Gasteiger partial charge in [-0.3, -0.25) is 4.99 Å². The zero-order valence-electron chi connectivity index (χ0n) is 9.95. The second-order valence-corrected chi connectivity index (χ2v) is 4.16. The van der Waals surface area contributed by atoms with Crippen molar-refractivity contribution in [3.05, 3.63) is 78.4 Å². The van der Waals surface area contributed by atoms with Crippen LogP contribution in [0, 0.1) is 0 Å². The predicted octanol–water partition coefficient (Wildman–Crippen LogP) is 4.54. The van der Waals surface area contributed by atoms with Gasteiger partial charge in [-0.2, -0.15) is 0 Å². The zero-order chi connectivity index (χ0) is 12.2. The topological polar surface area (TPSA) is 12.4 Å². The first kappa shape index (κ1) is 10.7. The number of aliphatic imine (C=N–C) groups is 1. The van der Waals surface area contributed by atoms with Crippen molar-refractivity contribution in [2.45, 2.75) is 0 Å². The van der Waals surface area contributed by atoms with E-state index in [1.165, 1.54) is 11.1 Å². The summed E-state index contributed by atoms with van der Waals surface area (Å²) < 4.78 is 0. The SMILES string of the molecule is C(=Nc1ccccc1)c1ccc2cccccc1-2. The maximum Gasteiger partial charge on any atom is 0.0629 e. The van der Waals surface area contributed by atoms with E-state index in [9.17, 15) is 0 Å². The van der Waals surface area contributed by atoms with E-state index in [2.05, 4.69) is 41.4 Å². The van der Waals surface area contributed by atoms with Gasteiger partial charge in [0, 0.05) is 11.8 Å². The predicted molar refractivity (Wildman–Crippen MR) is 76.8 cm³/mol. The molecule has 0 saturated carbocycles. The summed E-state index contributed by atoms with van der Waals surface area (Å²) >= 11 is 0. The third-order valence-corrected chi connectivity index (χ3v) is 2.93. The minimum absolute atomic E-state index is 0.979. The molecule has 0 saturated heterocycles. The van der Waals surface area contributed by atoms with Gasteiger partial charge in [-0.15, -0.1) is 0 Å². The van der Waals surface area contributed by atoms with Crippen molar-refractivity contribution in [3.8, 4) is 11.1 Å². The Labute approximate surface area is 107 Å². The second kappa shape index (κ2) is 4.84. The van der Waals surface area contributed by atoms with E-state index >= 15 is 0 Å². The Kier molecular flexibility index (Phi) is 2.89. The van der Waals surface area contributed by atoms with Gasteiger partial charge in [0.25, 0.3) is 0 Å². The van der Waals surface area contributed by atoms with Crippen LogP contribution in [0.3, 0.4) is 0 Å². The van der Waals surface area contributed by atoms with Crippen LogP contribution < -0.4 is 0 Å². The molecule has 3 rings (SSSR count). The average Bonchev–Trinajstić information content (AvgIpc) is 2.65. The molecule has 1 nitrogen and oxygen atoms in total. The van der Waals surface area contributed by atoms with Crippen LogP contribution in [0.2, 0.25) is 0 Å². The fourth-order valence-corrected chi connectivity index (χ4v) is 2.01. The minimum Gasteiger partial charge on any atom is -0.256 e. The molecule has 0 radical (unpaired) electrons. The molecule has 0 spiro atoms. The van der Waals surface area contributed by atoms with E-state index in [1.807, 2.05) is 42.6 Å². The van der Waals surface area contributed by atoms with Crippen LogP contribution in [0.5, 0.6) is 0 Å². The number of hydrogen-bond donors (Lipinski definition) is 0. The van der Waals surface area contributed by atoms with Gasteiger partial charge in [0.05, 0.1) is 5.69 Å². The summed E-state index contributed by atoms with van der Waals surface area (Å²) in [7, 11) is 0. The van der Waals surface area contributed by atoms with E-state index in [0.717, 1.165) is 11.3 Å². The van der Waals surface area contributed by atoms with Crippen LogP contribution in [0.15, 0.2) is 77.8 Å². The normalized spacial score (nSPS) is 11.1. The molecular formula is C17H13N. The van der Waals surface area contributed by atoms with Crippen LogP contribution >= 0.6 is 0 Å². The first-order chi connectivity index (χ1) is 8.93. The van der Waals surface area contributed by atoms with Crippen molar-refractivity contribution < 1.29 is 0 Å². The molecule has 1 aromatic rings. The van der Waals surface area contributed by atoms with Crippen LogP contribution in [-0.2, 0) is 0 Å². The summed E-state index contributed by atoms with van der Waals surface area (Å²) in [6.45, 7) is 0. The van der Waals surface area contributed by atoms with Gasteiger partial charge >= 0.3 is 0 Å². The Morgan fingerprint density at radius 2 is 1.39 bits per heavy atom. The van der Waals surface area contributed by atoms with Gasteiger partial charge in [-0.25, -0.2) is 0 Å². The van der Waals surface area contributed by atoms with Crippen molar-refractivity contribution in [3.63, 3.8) is 0 Å². The van der Waals surface area contributed by atoms with Gasteiger partial charge in [-0.05, 0) is 23.3 Å². The maximum atomic E-state index is 4.49. The smallest absolute Gasteiger partial charge is 0.0629 e. The van der Waals surface area contributed by atoms with Crippen molar-refractivity contribution in [2.24, 2.45) is 4.99 Å². The summed E-state index contributed by atoms with van der Waals surface area (Å²) in [5.41, 5.74) is 4.62. The maximum absolute atomic E-state index is 4.49. The Hall–Kier alpha value is -2.41. The molecule has 0 heterocycles. The molecule has 0 atom stereocenters. The molecule has 0 bridgehead atoms. The third-order valence-electron chi connectivity index (χ3n) is 2.93. The first-order valence-corrected chi connectivity index (χ1v) is 6.00. The molecule has 0 fully saturated rings. The number of fused-ring (bicyclic) bond motifs is 1. The lowest BCUT2D eigenvalue weighted by atomic mass is 10.1. The fourth-order valence-electron chi connectivity index (χ4n) is 2.01. The highest BCUT2D eigenvalue weighted by atomic mass is 14.7. The van der Waals surface area contributed by atoms with Gasteiger partial charge in [0.1, 0.15) is 0 Å². The first-order valence-electron chi connectivity index (χ1n) is 6.00. The third kappa shape index (κ3) is 2.16. The Balaban J connectivity index is 1.96. The molecule has 0 amide bonds. The van der Waals surface area contributed by atoms with Gasteiger partial charge in [0.2, 0.25) is 0 Å². The van der Waals surface area contributed by atoms with E-state index < -0.39 is 0 Å². The highest BCUT2D eigenvalue weighted by Crippen LogP contribution is 2.25. The van der Waals surface area contributed by atoms with E-state index in [1.54, 1.807) is 0 Å². The Morgan fingerprint density at radius 1 is 0.667 bits per heavy atom. The van der Waals surface area contributed by atoms with E-state index in [-0.39, 0.29) is 0 Å². The molecule has 0 aromatic heterocycles. The number of rotatable bonds is 2. The number of nitrogens with zero attached hydrogens (tertiary/aromatic N) is 1. The van der Waals surface area contributed by atoms with Crippen LogP contribution in [0.1, 0.15) is 5.56 Å². The molecule has 1 heteroatoms. The Morgan fingerprint density at radius 3 is 2.22 bits per heavy atom. The molecule has 1 aromatic carbocycles. The van der Waals surface area contributed by atoms with E-state index in [4.69, 9.17) is 0 Å². The van der Waals surface area contributed by atoms with Crippen molar-refractivity contribution >= 4 is 11.9 Å². The standard InChI is InChI=1S/C17H13N/c1-3-7-14-11-12-15(17(14)10-6-1)13-18-16-8-4-2-5-9-16/h1-13H. The van der Waals surface area contributed by atoms with Crippen LogP contribution in [0.25, 0.3) is 11.1 Å². The van der Waals surface area contributed by atoms with Crippen LogP contribution in [-0.4, -0.2) is 6.21 Å². The van der Waals surface area contributed by atoms with E-state index in [0.29, 0.717) is 0 Å².